The number of methoxy groups -OCH3 is 3. The molecule has 0 fully saturated rings. The summed E-state index contributed by atoms with van der Waals surface area (Å²) in [7, 11) is 4.25. The molecule has 0 bridgehead atoms. The van der Waals surface area contributed by atoms with Gasteiger partial charge in [0.25, 0.3) is 0 Å². The van der Waals surface area contributed by atoms with Gasteiger partial charge in [-0.05, 0) is 29.8 Å². The Bertz CT molecular complexity index is 1240. The molecule has 3 aromatic heterocycles. The number of hydrogen-bond acceptors (Lipinski definition) is 8. The third-order valence-corrected chi connectivity index (χ3v) is 4.52. The zero-order chi connectivity index (χ0) is 21.3. The highest BCUT2D eigenvalue weighted by Gasteiger charge is 2.20. The molecule has 10 nitrogen and oxygen atoms in total. The van der Waals surface area contributed by atoms with Gasteiger partial charge in [0.1, 0.15) is 23.2 Å². The predicted octanol–water partition coefficient (Wildman–Crippen LogP) is 3.12. The van der Waals surface area contributed by atoms with Gasteiger partial charge < -0.3 is 24.1 Å². The second-order valence-corrected chi connectivity index (χ2v) is 6.42. The van der Waals surface area contributed by atoms with E-state index in [2.05, 4.69) is 20.4 Å². The summed E-state index contributed by atoms with van der Waals surface area (Å²) in [6.45, 7) is 0. The van der Waals surface area contributed by atoms with Gasteiger partial charge in [-0.3, -0.25) is 0 Å². The number of fused-ring (bicyclic) bond motifs is 1. The Morgan fingerprint density at radius 1 is 1.20 bits per heavy atom. The molecule has 30 heavy (non-hydrogen) atoms. The van der Waals surface area contributed by atoms with Crippen LogP contribution in [0.1, 0.15) is 10.4 Å². The maximum Gasteiger partial charge on any atom is 0.341 e. The molecule has 1 N–H and O–H groups in total. The van der Waals surface area contributed by atoms with E-state index in [1.165, 1.54) is 21.3 Å². The standard InChI is InChI=1S/C19H17ClN6O4/c1-28-14-8-11(7-12(16(14)29-2)18(27)30-3)25-9-15(21-10-25)22-17-13-5-4-6-26(13)24-19(20)23-17/h4-10H,1-3H3,(H,22,23,24). The Hall–Kier alpha value is -3.79. The average Bonchev–Trinajstić information content (AvgIpc) is 3.41. The fourth-order valence-corrected chi connectivity index (χ4v) is 3.18. The number of imidazole rings is 1. The number of carbonyl (C=O) groups is 1. The van der Waals surface area contributed by atoms with Gasteiger partial charge in [0.05, 0.1) is 33.2 Å². The number of aromatic nitrogens is 5. The first-order valence-corrected chi connectivity index (χ1v) is 9.08. The molecule has 0 saturated heterocycles. The molecule has 0 unspecified atom stereocenters. The number of nitrogens with one attached hydrogen (secondary N) is 1. The van der Waals surface area contributed by atoms with Crippen LogP contribution >= 0.6 is 11.6 Å². The van der Waals surface area contributed by atoms with Crippen molar-refractivity contribution in [1.29, 1.82) is 0 Å². The van der Waals surface area contributed by atoms with E-state index in [9.17, 15) is 4.79 Å². The van der Waals surface area contributed by atoms with Crippen molar-refractivity contribution in [2.24, 2.45) is 0 Å². The highest BCUT2D eigenvalue weighted by atomic mass is 35.5. The topological polar surface area (TPSA) is 105 Å². The molecule has 11 heteroatoms. The second kappa shape index (κ2) is 7.91. The number of esters is 1. The fraction of sp³-hybridized carbons (Fsp3) is 0.158. The number of nitrogens with zero attached hydrogens (tertiary/aromatic N) is 5. The van der Waals surface area contributed by atoms with Crippen LogP contribution in [0.3, 0.4) is 0 Å². The van der Waals surface area contributed by atoms with E-state index in [1.807, 2.05) is 12.1 Å². The van der Waals surface area contributed by atoms with Crippen molar-refractivity contribution in [3.05, 3.63) is 53.8 Å². The molecule has 1 aromatic carbocycles. The van der Waals surface area contributed by atoms with Gasteiger partial charge in [-0.1, -0.05) is 0 Å². The molecule has 0 aliphatic carbocycles. The van der Waals surface area contributed by atoms with Crippen LogP contribution in [-0.4, -0.2) is 51.4 Å². The number of anilines is 2. The van der Waals surface area contributed by atoms with Gasteiger partial charge in [0.2, 0.25) is 5.28 Å². The van der Waals surface area contributed by atoms with E-state index in [0.29, 0.717) is 23.1 Å². The number of benzene rings is 1. The van der Waals surface area contributed by atoms with E-state index < -0.39 is 5.97 Å². The van der Waals surface area contributed by atoms with Gasteiger partial charge >= 0.3 is 5.97 Å². The first kappa shape index (κ1) is 19.5. The molecule has 0 radical (unpaired) electrons. The Morgan fingerprint density at radius 3 is 2.77 bits per heavy atom. The summed E-state index contributed by atoms with van der Waals surface area (Å²) in [5.41, 5.74) is 1.60. The Kier molecular flexibility index (Phi) is 5.15. The van der Waals surface area contributed by atoms with Crippen LogP contribution in [0, 0.1) is 0 Å². The third kappa shape index (κ3) is 3.48. The van der Waals surface area contributed by atoms with Gasteiger partial charge in [-0.25, -0.2) is 14.3 Å². The first-order chi connectivity index (χ1) is 14.5. The van der Waals surface area contributed by atoms with E-state index in [4.69, 9.17) is 25.8 Å². The quantitative estimate of drug-likeness (QED) is 0.467. The van der Waals surface area contributed by atoms with Crippen molar-refractivity contribution < 1.29 is 19.0 Å². The minimum Gasteiger partial charge on any atom is -0.493 e. The lowest BCUT2D eigenvalue weighted by molar-refractivity contribution is 0.0596. The predicted molar refractivity (Wildman–Crippen MR) is 109 cm³/mol. The van der Waals surface area contributed by atoms with E-state index in [0.717, 1.165) is 5.52 Å². The number of carbonyl (C=O) groups excluding carboxylic acids is 1. The summed E-state index contributed by atoms with van der Waals surface area (Å²) in [5.74, 6) is 1.15. The third-order valence-electron chi connectivity index (χ3n) is 4.36. The highest BCUT2D eigenvalue weighted by molar-refractivity contribution is 6.28. The fourth-order valence-electron chi connectivity index (χ4n) is 3.01. The van der Waals surface area contributed by atoms with Crippen molar-refractivity contribution in [3.63, 3.8) is 0 Å². The number of hydrogen-bond donors (Lipinski definition) is 1. The van der Waals surface area contributed by atoms with Crippen LogP contribution in [0.2, 0.25) is 5.28 Å². The lowest BCUT2D eigenvalue weighted by Gasteiger charge is -2.14. The molecule has 0 spiro atoms. The van der Waals surface area contributed by atoms with Gasteiger partial charge in [-0.2, -0.15) is 4.98 Å². The van der Waals surface area contributed by atoms with Gasteiger partial charge in [-0.15, -0.1) is 5.10 Å². The van der Waals surface area contributed by atoms with E-state index in [1.54, 1.807) is 39.9 Å². The lowest BCUT2D eigenvalue weighted by atomic mass is 10.1. The summed E-state index contributed by atoms with van der Waals surface area (Å²) >= 11 is 5.99. The average molecular weight is 429 g/mol. The molecule has 0 aliphatic rings. The number of ether oxygens (including phenoxy) is 3. The molecular weight excluding hydrogens is 412 g/mol. The SMILES string of the molecule is COC(=O)c1cc(-n2cnc(Nc3nc(Cl)nn4cccc34)c2)cc(OC)c1OC. The molecule has 0 aliphatic heterocycles. The summed E-state index contributed by atoms with van der Waals surface area (Å²) < 4.78 is 18.9. The summed E-state index contributed by atoms with van der Waals surface area (Å²) in [6, 6.07) is 7.05. The van der Waals surface area contributed by atoms with Crippen molar-refractivity contribution in [2.45, 2.75) is 0 Å². The van der Waals surface area contributed by atoms with Crippen LogP contribution in [0.25, 0.3) is 11.2 Å². The summed E-state index contributed by atoms with van der Waals surface area (Å²) in [4.78, 5) is 20.8. The first-order valence-electron chi connectivity index (χ1n) is 8.70. The molecule has 0 saturated carbocycles. The lowest BCUT2D eigenvalue weighted by Crippen LogP contribution is -2.07. The molecule has 4 aromatic rings. The van der Waals surface area contributed by atoms with Crippen LogP contribution in [0.4, 0.5) is 11.6 Å². The van der Waals surface area contributed by atoms with E-state index >= 15 is 0 Å². The van der Waals surface area contributed by atoms with Crippen LogP contribution in [0.5, 0.6) is 11.5 Å². The van der Waals surface area contributed by atoms with Crippen LogP contribution < -0.4 is 14.8 Å². The minimum absolute atomic E-state index is 0.100. The van der Waals surface area contributed by atoms with Gasteiger partial charge in [0, 0.05) is 12.3 Å². The molecule has 4 rings (SSSR count). The summed E-state index contributed by atoms with van der Waals surface area (Å²) in [5, 5.41) is 7.32. The normalized spacial score (nSPS) is 10.8. The molecule has 0 atom stereocenters. The molecular formula is C19H17ClN6O4. The van der Waals surface area contributed by atoms with Crippen molar-refractivity contribution >= 4 is 34.7 Å². The number of rotatable bonds is 6. The van der Waals surface area contributed by atoms with Gasteiger partial charge in [0.15, 0.2) is 17.3 Å². The van der Waals surface area contributed by atoms with Crippen LogP contribution in [0.15, 0.2) is 43.0 Å². The van der Waals surface area contributed by atoms with E-state index in [-0.39, 0.29) is 16.6 Å². The largest absolute Gasteiger partial charge is 0.493 e. The maximum absolute atomic E-state index is 12.2. The second-order valence-electron chi connectivity index (χ2n) is 6.08. The Morgan fingerprint density at radius 2 is 2.03 bits per heavy atom. The van der Waals surface area contributed by atoms with Crippen LogP contribution in [-0.2, 0) is 4.74 Å². The molecule has 3 heterocycles. The van der Waals surface area contributed by atoms with Crippen molar-refractivity contribution in [1.82, 2.24) is 24.1 Å². The van der Waals surface area contributed by atoms with Crippen molar-refractivity contribution in [2.75, 3.05) is 26.6 Å². The Balaban J connectivity index is 1.71. The minimum atomic E-state index is -0.545. The smallest absolute Gasteiger partial charge is 0.341 e. The molecule has 154 valence electrons. The zero-order valence-electron chi connectivity index (χ0n) is 16.3. The summed E-state index contributed by atoms with van der Waals surface area (Å²) in [6.07, 6.45) is 5.09. The Labute approximate surface area is 176 Å². The monoisotopic (exact) mass is 428 g/mol. The van der Waals surface area contributed by atoms with Crippen molar-refractivity contribution in [3.8, 4) is 17.2 Å². The molecule has 0 amide bonds. The number of halogens is 1. The highest BCUT2D eigenvalue weighted by Crippen LogP contribution is 2.34. The zero-order valence-corrected chi connectivity index (χ0v) is 17.0. The maximum atomic E-state index is 12.2.